The Morgan fingerprint density at radius 1 is 1.80 bits per heavy atom. The summed E-state index contributed by atoms with van der Waals surface area (Å²) in [6.07, 6.45) is 7.38. The van der Waals surface area contributed by atoms with E-state index in [0.717, 1.165) is 0 Å². The van der Waals surface area contributed by atoms with Gasteiger partial charge in [-0.05, 0) is 0 Å². The van der Waals surface area contributed by atoms with Gasteiger partial charge >= 0.3 is 29.6 Å². The van der Waals surface area contributed by atoms with Crippen LogP contribution < -0.4 is 29.6 Å². The molecule has 20 valence electrons. The van der Waals surface area contributed by atoms with Crippen LogP contribution in [0, 0.1) is 12.3 Å². The van der Waals surface area contributed by atoms with E-state index < -0.39 is 0 Å². The van der Waals surface area contributed by atoms with Gasteiger partial charge in [-0.2, -0.15) is 12.7 Å². The second kappa shape index (κ2) is 8.85. The number of allylic oxidation sites excluding steroid dienone is 1. The second-order valence-corrected chi connectivity index (χ2v) is 0.348. The van der Waals surface area contributed by atoms with Gasteiger partial charge in [0.2, 0.25) is 0 Å². The maximum atomic E-state index is 6.08. The summed E-state index contributed by atoms with van der Waals surface area (Å²) in [7, 11) is 0. The van der Waals surface area contributed by atoms with Crippen molar-refractivity contribution in [2.45, 2.75) is 0 Å². The Balaban J connectivity index is 0. The monoisotopic (exact) mass is 74.0 g/mol. The van der Waals surface area contributed by atoms with E-state index >= 15 is 0 Å². The van der Waals surface area contributed by atoms with E-state index in [9.17, 15) is 0 Å². The molecule has 0 heterocycles. The quantitative estimate of drug-likeness (QED) is 0.173. The van der Waals surface area contributed by atoms with Crippen LogP contribution in [0.4, 0.5) is 0 Å². The predicted molar refractivity (Wildman–Crippen MR) is 17.3 cm³/mol. The van der Waals surface area contributed by atoms with Crippen LogP contribution in [0.25, 0.3) is 0 Å². The van der Waals surface area contributed by atoms with Crippen molar-refractivity contribution < 1.29 is 29.6 Å². The third-order valence-corrected chi connectivity index (χ3v) is 0.102. The van der Waals surface area contributed by atoms with E-state index in [2.05, 4.69) is 6.58 Å². The normalized spacial score (nSPS) is 3.00. The fraction of sp³-hybridized carbons (Fsp3) is 0. The predicted octanol–water partition coefficient (Wildman–Crippen LogP) is -2.23. The SMILES string of the molecule is [C-]#CC=C.[Na+]. The van der Waals surface area contributed by atoms with E-state index in [-0.39, 0.29) is 29.6 Å². The van der Waals surface area contributed by atoms with Crippen LogP contribution in [0.5, 0.6) is 0 Å². The molecule has 0 aromatic rings. The van der Waals surface area contributed by atoms with E-state index in [1.54, 1.807) is 0 Å². The number of hydrogen-bond acceptors (Lipinski definition) is 0. The maximum absolute atomic E-state index is 6.08. The molecule has 0 fully saturated rings. The Morgan fingerprint density at radius 3 is 2.00 bits per heavy atom. The summed E-state index contributed by atoms with van der Waals surface area (Å²) in [5.74, 6) is 1.94. The maximum Gasteiger partial charge on any atom is 1.00 e. The fourth-order valence-corrected chi connectivity index (χ4v) is 0. The van der Waals surface area contributed by atoms with Gasteiger partial charge in [0.15, 0.2) is 0 Å². The third kappa shape index (κ3) is 13.5. The van der Waals surface area contributed by atoms with E-state index in [1.807, 2.05) is 5.92 Å². The van der Waals surface area contributed by atoms with Gasteiger partial charge < -0.3 is 6.42 Å². The third-order valence-electron chi connectivity index (χ3n) is 0.102. The molecule has 0 aliphatic rings. The summed E-state index contributed by atoms with van der Waals surface area (Å²) in [6.45, 7) is 3.18. The van der Waals surface area contributed by atoms with Gasteiger partial charge in [-0.25, -0.2) is 0 Å². The molecular weight excluding hydrogens is 71.0 g/mol. The molecule has 0 unspecified atom stereocenters. The fourth-order valence-electron chi connectivity index (χ4n) is 0. The molecule has 0 aromatic carbocycles. The zero-order valence-corrected chi connectivity index (χ0v) is 5.28. The molecule has 0 nitrogen and oxygen atoms in total. The second-order valence-electron chi connectivity index (χ2n) is 0.348. The summed E-state index contributed by atoms with van der Waals surface area (Å²) in [4.78, 5) is 0. The molecule has 1 heteroatoms. The Kier molecular flexibility index (Phi) is 15.9. The largest absolute Gasteiger partial charge is 1.00 e. The Labute approximate surface area is 54.6 Å². The van der Waals surface area contributed by atoms with Crippen molar-refractivity contribution >= 4 is 0 Å². The minimum absolute atomic E-state index is 0. The molecule has 5 heavy (non-hydrogen) atoms. The van der Waals surface area contributed by atoms with Gasteiger partial charge in [-0.3, -0.25) is 5.92 Å². The van der Waals surface area contributed by atoms with Crippen LogP contribution in [0.2, 0.25) is 0 Å². The molecule has 0 aromatic heterocycles. The standard InChI is InChI=1S/C4H3.Na/c1-3-4-2;/h3H,1H2;/q-1;+1. The zero-order chi connectivity index (χ0) is 3.41. The van der Waals surface area contributed by atoms with E-state index in [0.29, 0.717) is 0 Å². The van der Waals surface area contributed by atoms with E-state index in [1.165, 1.54) is 6.08 Å². The average molecular weight is 74.1 g/mol. The molecule has 0 spiro atoms. The molecular formula is C4H3Na. The molecule has 0 aliphatic heterocycles. The van der Waals surface area contributed by atoms with Gasteiger partial charge in [0.25, 0.3) is 0 Å². The molecule has 0 amide bonds. The number of rotatable bonds is 0. The number of hydrogen-bond donors (Lipinski definition) is 0. The summed E-state index contributed by atoms with van der Waals surface area (Å²) < 4.78 is 0. The van der Waals surface area contributed by atoms with Crippen LogP contribution in [-0.2, 0) is 0 Å². The summed E-state index contributed by atoms with van der Waals surface area (Å²) in [5.41, 5.74) is 0. The van der Waals surface area contributed by atoms with Gasteiger partial charge in [-0.1, -0.05) is 0 Å². The molecule has 0 bridgehead atoms. The van der Waals surface area contributed by atoms with Crippen LogP contribution in [0.1, 0.15) is 0 Å². The molecule has 0 aliphatic carbocycles. The van der Waals surface area contributed by atoms with Gasteiger partial charge in [0.05, 0.1) is 0 Å². The van der Waals surface area contributed by atoms with Crippen molar-refractivity contribution in [2.75, 3.05) is 0 Å². The van der Waals surface area contributed by atoms with Crippen LogP contribution in [0.3, 0.4) is 0 Å². The van der Waals surface area contributed by atoms with E-state index in [4.69, 9.17) is 6.42 Å². The van der Waals surface area contributed by atoms with Crippen molar-refractivity contribution in [1.29, 1.82) is 0 Å². The first-order valence-corrected chi connectivity index (χ1v) is 0.947. The van der Waals surface area contributed by atoms with Crippen molar-refractivity contribution in [3.8, 4) is 5.92 Å². The average Bonchev–Trinajstić information content (AvgIpc) is 1.37. The van der Waals surface area contributed by atoms with Gasteiger partial charge in [0, 0.05) is 0 Å². The Hall–Kier alpha value is 0.300. The minimum atomic E-state index is 0. The van der Waals surface area contributed by atoms with Crippen molar-refractivity contribution in [3.05, 3.63) is 19.1 Å². The Bertz CT molecular complexity index is 49.2. The first-order valence-electron chi connectivity index (χ1n) is 0.947. The zero-order valence-electron chi connectivity index (χ0n) is 3.28. The van der Waals surface area contributed by atoms with Crippen LogP contribution >= 0.6 is 0 Å². The molecule has 0 N–H and O–H groups in total. The molecule has 0 radical (unpaired) electrons. The summed E-state index contributed by atoms with van der Waals surface area (Å²) >= 11 is 0. The van der Waals surface area contributed by atoms with Gasteiger partial charge in [0.1, 0.15) is 0 Å². The van der Waals surface area contributed by atoms with Crippen molar-refractivity contribution in [1.82, 2.24) is 0 Å². The summed E-state index contributed by atoms with van der Waals surface area (Å²) in [5, 5.41) is 0. The van der Waals surface area contributed by atoms with Gasteiger partial charge in [-0.15, -0.1) is 0 Å². The van der Waals surface area contributed by atoms with Crippen molar-refractivity contribution in [3.63, 3.8) is 0 Å². The molecule has 0 saturated carbocycles. The first-order chi connectivity index (χ1) is 1.91. The summed E-state index contributed by atoms with van der Waals surface area (Å²) in [6, 6.07) is 0. The minimum Gasteiger partial charge on any atom is -0.366 e. The molecule has 0 rings (SSSR count). The smallest absolute Gasteiger partial charge is 0.366 e. The van der Waals surface area contributed by atoms with Crippen molar-refractivity contribution in [2.24, 2.45) is 0 Å². The molecule has 0 atom stereocenters. The first kappa shape index (κ1) is 9.00. The topological polar surface area (TPSA) is 0 Å². The van der Waals surface area contributed by atoms with Crippen LogP contribution in [0.15, 0.2) is 12.7 Å². The van der Waals surface area contributed by atoms with Crippen LogP contribution in [-0.4, -0.2) is 0 Å². The Morgan fingerprint density at radius 2 is 2.00 bits per heavy atom. The molecule has 0 saturated heterocycles.